The maximum Gasteiger partial charge on any atom is 0.416 e. The molecule has 0 atom stereocenters. The van der Waals surface area contributed by atoms with E-state index in [0.29, 0.717) is 37.3 Å². The highest BCUT2D eigenvalue weighted by Crippen LogP contribution is 2.37. The summed E-state index contributed by atoms with van der Waals surface area (Å²) in [5.41, 5.74) is 0.396. The van der Waals surface area contributed by atoms with Gasteiger partial charge in [0.25, 0.3) is 5.91 Å². The Labute approximate surface area is 164 Å². The van der Waals surface area contributed by atoms with Crippen LogP contribution in [0.5, 0.6) is 0 Å². The van der Waals surface area contributed by atoms with Gasteiger partial charge in [0.2, 0.25) is 5.95 Å². The second-order valence-corrected chi connectivity index (χ2v) is 7.22. The summed E-state index contributed by atoms with van der Waals surface area (Å²) in [5, 5.41) is 0. The van der Waals surface area contributed by atoms with Crippen molar-refractivity contribution >= 4 is 12.1 Å². The molecule has 0 spiro atoms. The van der Waals surface area contributed by atoms with Crippen molar-refractivity contribution in [1.82, 2.24) is 14.8 Å². The monoisotopic (exact) mass is 406 g/mol. The minimum absolute atomic E-state index is 0.147. The number of likely N-dealkylation sites (N-methyl/N-ethyl adjacent to an activating group) is 1. The van der Waals surface area contributed by atoms with Gasteiger partial charge in [0.1, 0.15) is 0 Å². The molecule has 0 unspecified atom stereocenters. The van der Waals surface area contributed by atoms with Crippen LogP contribution in [0.1, 0.15) is 27.0 Å². The molecule has 1 fully saturated rings. The summed E-state index contributed by atoms with van der Waals surface area (Å²) in [5.74, 6) is -1.45. The van der Waals surface area contributed by atoms with Gasteiger partial charge in [-0.3, -0.25) is 9.79 Å². The van der Waals surface area contributed by atoms with Gasteiger partial charge < -0.3 is 9.80 Å². The predicted molar refractivity (Wildman–Crippen MR) is 99.3 cm³/mol. The molecule has 0 N–H and O–H groups in total. The van der Waals surface area contributed by atoms with E-state index in [9.17, 15) is 22.4 Å². The molecule has 4 rings (SSSR count). The largest absolute Gasteiger partial charge is 0.416 e. The zero-order chi connectivity index (χ0) is 20.8. The summed E-state index contributed by atoms with van der Waals surface area (Å²) in [6.07, 6.45) is -1.88. The third-order valence-electron chi connectivity index (χ3n) is 5.25. The number of hydrogen-bond acceptors (Lipinski definition) is 4. The topological polar surface area (TPSA) is 48.8 Å². The molecule has 1 aromatic heterocycles. The third kappa shape index (κ3) is 3.74. The van der Waals surface area contributed by atoms with Gasteiger partial charge in [-0.2, -0.15) is 17.6 Å². The Morgan fingerprint density at radius 2 is 1.83 bits per heavy atom. The van der Waals surface area contributed by atoms with E-state index in [0.717, 1.165) is 18.3 Å². The Morgan fingerprint density at radius 3 is 2.52 bits per heavy atom. The first-order valence-corrected chi connectivity index (χ1v) is 9.11. The van der Waals surface area contributed by atoms with Gasteiger partial charge in [0.05, 0.1) is 17.7 Å². The first-order chi connectivity index (χ1) is 13.7. The number of piperazine rings is 1. The molecule has 2 aromatic rings. The highest BCUT2D eigenvalue weighted by molar-refractivity contribution is 5.98. The van der Waals surface area contributed by atoms with Gasteiger partial charge in [0, 0.05) is 49.7 Å². The van der Waals surface area contributed by atoms with Gasteiger partial charge in [-0.05, 0) is 36.4 Å². The number of aliphatic imine (C=N–C) groups is 1. The lowest BCUT2D eigenvalue weighted by Gasteiger charge is -2.32. The van der Waals surface area contributed by atoms with Crippen LogP contribution in [0.2, 0.25) is 0 Å². The highest BCUT2D eigenvalue weighted by atomic mass is 19.4. The van der Waals surface area contributed by atoms with Crippen molar-refractivity contribution in [3.63, 3.8) is 0 Å². The lowest BCUT2D eigenvalue weighted by molar-refractivity contribution is -0.137. The van der Waals surface area contributed by atoms with Crippen LogP contribution in [-0.2, 0) is 12.7 Å². The van der Waals surface area contributed by atoms with Gasteiger partial charge in [0.15, 0.2) is 0 Å². The van der Waals surface area contributed by atoms with Crippen LogP contribution in [-0.4, -0.2) is 60.1 Å². The molecule has 29 heavy (non-hydrogen) atoms. The summed E-state index contributed by atoms with van der Waals surface area (Å²) in [7, 11) is 1.93. The Balaban J connectivity index is 1.76. The minimum atomic E-state index is -4.53. The Kier molecular flexibility index (Phi) is 4.85. The molecule has 0 aliphatic carbocycles. The number of benzene rings is 1. The number of halogens is 4. The number of carbonyl (C=O) groups is 1. The summed E-state index contributed by atoms with van der Waals surface area (Å²) in [6, 6.07) is 3.35. The average Bonchev–Trinajstić information content (AvgIpc) is 3.16. The molecule has 3 heterocycles. The molecule has 2 aliphatic heterocycles. The van der Waals surface area contributed by atoms with Gasteiger partial charge in [-0.25, -0.2) is 4.98 Å². The zero-order valence-electron chi connectivity index (χ0n) is 15.6. The molecule has 1 saturated heterocycles. The standard InChI is InChI=1S/C20H18F4N4O/c1-27-2-4-28(5-3-27)19(29)16-7-13(10-26-18(16)21)15-8-14(20(22,23)24)6-12-9-25-11-17(12)15/h6-8,10-11H,2-5,9H2,1H3. The highest BCUT2D eigenvalue weighted by Gasteiger charge is 2.33. The van der Waals surface area contributed by atoms with Crippen molar-refractivity contribution in [2.45, 2.75) is 12.7 Å². The van der Waals surface area contributed by atoms with E-state index >= 15 is 0 Å². The Hall–Kier alpha value is -2.81. The first kappa shape index (κ1) is 19.5. The number of hydrogen-bond donors (Lipinski definition) is 0. The number of rotatable bonds is 2. The lowest BCUT2D eigenvalue weighted by Crippen LogP contribution is -2.47. The molecule has 9 heteroatoms. The summed E-state index contributed by atoms with van der Waals surface area (Å²) in [4.78, 5) is 24.1. The van der Waals surface area contributed by atoms with Crippen molar-refractivity contribution < 1.29 is 22.4 Å². The van der Waals surface area contributed by atoms with E-state index in [2.05, 4.69) is 14.9 Å². The molecule has 0 saturated carbocycles. The minimum Gasteiger partial charge on any atom is -0.336 e. The molecule has 1 aromatic carbocycles. The van der Waals surface area contributed by atoms with Crippen LogP contribution in [0.3, 0.4) is 0 Å². The number of fused-ring (bicyclic) bond motifs is 1. The number of aromatic nitrogens is 1. The Bertz CT molecular complexity index is 995. The van der Waals surface area contributed by atoms with E-state index in [4.69, 9.17) is 0 Å². The number of carbonyl (C=O) groups excluding carboxylic acids is 1. The van der Waals surface area contributed by atoms with Crippen LogP contribution in [0.25, 0.3) is 11.1 Å². The van der Waals surface area contributed by atoms with Crippen LogP contribution in [0, 0.1) is 5.95 Å². The molecular formula is C20H18F4N4O. The lowest BCUT2D eigenvalue weighted by atomic mass is 9.94. The molecule has 1 amide bonds. The molecule has 5 nitrogen and oxygen atoms in total. The fourth-order valence-electron chi connectivity index (χ4n) is 3.56. The fraction of sp³-hybridized carbons (Fsp3) is 0.350. The fourth-order valence-corrected chi connectivity index (χ4v) is 3.56. The Morgan fingerprint density at radius 1 is 1.10 bits per heavy atom. The van der Waals surface area contributed by atoms with Crippen molar-refractivity contribution in [3.8, 4) is 11.1 Å². The summed E-state index contributed by atoms with van der Waals surface area (Å²) < 4.78 is 54.3. The van der Waals surface area contributed by atoms with Gasteiger partial charge in [-0.1, -0.05) is 0 Å². The van der Waals surface area contributed by atoms with Crippen LogP contribution >= 0.6 is 0 Å². The second kappa shape index (κ2) is 7.22. The predicted octanol–water partition coefficient (Wildman–Crippen LogP) is 3.23. The number of amides is 1. The smallest absolute Gasteiger partial charge is 0.336 e. The molecule has 0 radical (unpaired) electrons. The number of nitrogens with zero attached hydrogens (tertiary/aromatic N) is 4. The van der Waals surface area contributed by atoms with Crippen molar-refractivity contribution in [1.29, 1.82) is 0 Å². The van der Waals surface area contributed by atoms with Gasteiger partial charge >= 0.3 is 6.18 Å². The number of pyridine rings is 1. The molecule has 152 valence electrons. The summed E-state index contributed by atoms with van der Waals surface area (Å²) >= 11 is 0. The maximum atomic E-state index is 14.3. The van der Waals surface area contributed by atoms with Crippen LogP contribution in [0.4, 0.5) is 17.6 Å². The quantitative estimate of drug-likeness (QED) is 0.569. The average molecular weight is 406 g/mol. The van der Waals surface area contributed by atoms with Crippen LogP contribution < -0.4 is 0 Å². The maximum absolute atomic E-state index is 14.3. The van der Waals surface area contributed by atoms with Crippen molar-refractivity contribution in [3.05, 3.63) is 52.6 Å². The van der Waals surface area contributed by atoms with Crippen molar-refractivity contribution in [2.75, 3.05) is 33.2 Å². The van der Waals surface area contributed by atoms with E-state index in [-0.39, 0.29) is 23.2 Å². The SMILES string of the molecule is CN1CCN(C(=O)c2cc(-c3cc(C(F)(F)F)cc4c3C=NC4)cnc2F)CC1. The molecule has 2 aliphatic rings. The van der Waals surface area contributed by atoms with Crippen molar-refractivity contribution in [2.24, 2.45) is 4.99 Å². The zero-order valence-corrected chi connectivity index (χ0v) is 15.6. The van der Waals surface area contributed by atoms with E-state index < -0.39 is 23.6 Å². The molecular weight excluding hydrogens is 388 g/mol. The first-order valence-electron chi connectivity index (χ1n) is 9.11. The van der Waals surface area contributed by atoms with E-state index in [1.54, 1.807) is 0 Å². The van der Waals surface area contributed by atoms with E-state index in [1.807, 2.05) is 7.05 Å². The molecule has 0 bridgehead atoms. The summed E-state index contributed by atoms with van der Waals surface area (Å²) in [6.45, 7) is 2.37. The van der Waals surface area contributed by atoms with Crippen LogP contribution in [0.15, 0.2) is 29.4 Å². The number of alkyl halides is 3. The normalized spacial score (nSPS) is 16.9. The van der Waals surface area contributed by atoms with E-state index in [1.165, 1.54) is 17.2 Å². The van der Waals surface area contributed by atoms with Gasteiger partial charge in [-0.15, -0.1) is 0 Å². The second-order valence-electron chi connectivity index (χ2n) is 7.22. The third-order valence-corrected chi connectivity index (χ3v) is 5.25.